The van der Waals surface area contributed by atoms with Crippen LogP contribution in [0.15, 0.2) is 24.4 Å². The van der Waals surface area contributed by atoms with Crippen LogP contribution in [0.5, 0.6) is 5.75 Å². The van der Waals surface area contributed by atoms with Crippen LogP contribution in [0.25, 0.3) is 11.4 Å². The first-order chi connectivity index (χ1) is 16.4. The lowest BCUT2D eigenvalue weighted by molar-refractivity contribution is -0.118. The molecule has 0 saturated carbocycles. The summed E-state index contributed by atoms with van der Waals surface area (Å²) in [6, 6.07) is 3.51. The van der Waals surface area contributed by atoms with Gasteiger partial charge in [0.1, 0.15) is 30.3 Å². The van der Waals surface area contributed by atoms with Gasteiger partial charge in [0, 0.05) is 23.7 Å². The third-order valence-electron chi connectivity index (χ3n) is 5.19. The molecule has 3 heterocycles. The number of thioether (sulfide) groups is 1. The van der Waals surface area contributed by atoms with Gasteiger partial charge in [-0.1, -0.05) is 11.8 Å². The molecule has 192 valence electrons. The zero-order valence-electron chi connectivity index (χ0n) is 18.8. The first kappa shape index (κ1) is 26.7. The summed E-state index contributed by atoms with van der Waals surface area (Å²) in [5, 5.41) is 2.56. The van der Waals surface area contributed by atoms with Crippen LogP contribution >= 0.6 is 11.8 Å². The highest BCUT2D eigenvalue weighted by Crippen LogP contribution is 2.38. The van der Waals surface area contributed by atoms with E-state index in [1.807, 2.05) is 0 Å². The number of primary amides is 1. The molecule has 1 aromatic carbocycles. The minimum atomic E-state index is -3.66. The van der Waals surface area contributed by atoms with Crippen LogP contribution in [0, 0.1) is 0 Å². The molecule has 2 amide bonds. The van der Waals surface area contributed by atoms with Crippen LogP contribution in [-0.2, 0) is 21.5 Å². The molecule has 1 fully saturated rings. The Morgan fingerprint density at radius 3 is 2.71 bits per heavy atom. The second-order valence-electron chi connectivity index (χ2n) is 7.66. The molecule has 35 heavy (non-hydrogen) atoms. The molecular weight excluding hydrogens is 508 g/mol. The molecule has 0 spiro atoms. The van der Waals surface area contributed by atoms with Crippen molar-refractivity contribution in [3.63, 3.8) is 0 Å². The van der Waals surface area contributed by atoms with Crippen molar-refractivity contribution in [2.75, 3.05) is 28.3 Å². The molecule has 1 saturated heterocycles. The first-order valence-electron chi connectivity index (χ1n) is 10.5. The van der Waals surface area contributed by atoms with E-state index in [4.69, 9.17) is 15.0 Å². The number of amides is 2. The van der Waals surface area contributed by atoms with Crippen LogP contribution < -0.4 is 20.7 Å². The Balaban J connectivity index is 0.000000509. The van der Waals surface area contributed by atoms with Crippen molar-refractivity contribution in [2.24, 2.45) is 5.73 Å². The molecule has 2 aromatic rings. The van der Waals surface area contributed by atoms with Gasteiger partial charge in [-0.15, -0.1) is 0 Å². The largest absolute Gasteiger partial charge is 0.491 e. The normalized spacial score (nSPS) is 18.1. The number of imidazole rings is 1. The van der Waals surface area contributed by atoms with Gasteiger partial charge in [-0.05, 0) is 26.0 Å². The summed E-state index contributed by atoms with van der Waals surface area (Å²) < 4.78 is 61.2. The maximum absolute atomic E-state index is 13.3. The molecule has 0 bridgehead atoms. The van der Waals surface area contributed by atoms with Gasteiger partial charge < -0.3 is 20.4 Å². The number of nitrogens with one attached hydrogen (secondary N) is 1. The molecule has 4 N–H and O–H groups in total. The SMILES string of the molecule is CCS(=O)(=O)O.C[C@H](Nc1ccc2c(c1)OCCn1cc(N3C(=O)SC[C@H]3C(F)F)nc1-2)C(N)=O. The molecule has 0 aliphatic carbocycles. The number of alkyl halides is 2. The minimum Gasteiger partial charge on any atom is -0.491 e. The summed E-state index contributed by atoms with van der Waals surface area (Å²) >= 11 is 0.869. The standard InChI is InChI=1S/C18H19F2N5O3S.C2H6O3S/c1-9(16(21)26)22-10-2-3-11-13(6-10)28-5-4-24-7-14(23-17(11)24)25-12(15(19)20)8-29-18(25)27;1-2-6(3,4)5/h2-3,6-7,9,12,15,22H,4-5,8H2,1H3,(H2,21,26);2H2,1H3,(H,3,4,5)/t9-,12-;/m0./s1. The first-order valence-corrected chi connectivity index (χ1v) is 13.1. The number of ether oxygens (including phenoxy) is 1. The number of benzene rings is 1. The second kappa shape index (κ2) is 10.8. The van der Waals surface area contributed by atoms with Crippen LogP contribution in [-0.4, -0.2) is 70.3 Å². The minimum absolute atomic E-state index is 0.0332. The lowest BCUT2D eigenvalue weighted by Crippen LogP contribution is -2.38. The molecule has 2 aliphatic rings. The van der Waals surface area contributed by atoms with Crippen LogP contribution in [0.3, 0.4) is 0 Å². The number of nitrogens with two attached hydrogens (primary N) is 1. The number of fused-ring (bicyclic) bond motifs is 3. The predicted octanol–water partition coefficient (Wildman–Crippen LogP) is 2.43. The molecule has 1 aromatic heterocycles. The lowest BCUT2D eigenvalue weighted by Gasteiger charge is -2.20. The van der Waals surface area contributed by atoms with Crippen molar-refractivity contribution in [3.8, 4) is 17.1 Å². The summed E-state index contributed by atoms with van der Waals surface area (Å²) in [5.74, 6) is 0.619. The Bertz CT molecular complexity index is 1210. The van der Waals surface area contributed by atoms with Gasteiger partial charge >= 0.3 is 0 Å². The zero-order chi connectivity index (χ0) is 25.9. The molecule has 2 atom stereocenters. The number of aromatic nitrogens is 2. The molecule has 0 radical (unpaired) electrons. The van der Waals surface area contributed by atoms with Gasteiger partial charge in [-0.25, -0.2) is 13.8 Å². The van der Waals surface area contributed by atoms with Crippen LogP contribution in [0.2, 0.25) is 0 Å². The highest BCUT2D eigenvalue weighted by molar-refractivity contribution is 8.14. The van der Waals surface area contributed by atoms with E-state index in [1.54, 1.807) is 35.9 Å². The Morgan fingerprint density at radius 1 is 1.43 bits per heavy atom. The fourth-order valence-corrected chi connectivity index (χ4v) is 4.26. The van der Waals surface area contributed by atoms with Gasteiger partial charge in [-0.2, -0.15) is 8.42 Å². The van der Waals surface area contributed by atoms with E-state index in [0.717, 1.165) is 16.7 Å². The molecular formula is C20H25F2N5O6S2. The number of halogens is 2. The van der Waals surface area contributed by atoms with Crippen molar-refractivity contribution in [1.82, 2.24) is 9.55 Å². The van der Waals surface area contributed by atoms with E-state index in [2.05, 4.69) is 10.3 Å². The fraction of sp³-hybridized carbons (Fsp3) is 0.450. The van der Waals surface area contributed by atoms with E-state index >= 15 is 0 Å². The van der Waals surface area contributed by atoms with Gasteiger partial charge in [0.2, 0.25) is 5.91 Å². The molecule has 15 heteroatoms. The van der Waals surface area contributed by atoms with E-state index in [9.17, 15) is 26.8 Å². The van der Waals surface area contributed by atoms with Gasteiger partial charge in [0.25, 0.3) is 21.8 Å². The Kier molecular flexibility index (Phi) is 8.22. The smallest absolute Gasteiger partial charge is 0.287 e. The topological polar surface area (TPSA) is 157 Å². The van der Waals surface area contributed by atoms with Gasteiger partial charge in [0.05, 0.1) is 17.9 Å². The molecule has 2 aliphatic heterocycles. The number of hydrogen-bond acceptors (Lipinski definition) is 8. The Labute approximate surface area is 204 Å². The maximum Gasteiger partial charge on any atom is 0.287 e. The Morgan fingerprint density at radius 2 is 2.11 bits per heavy atom. The van der Waals surface area contributed by atoms with Crippen molar-refractivity contribution in [1.29, 1.82) is 0 Å². The fourth-order valence-electron chi connectivity index (χ4n) is 3.28. The average Bonchev–Trinajstić information content (AvgIpc) is 3.33. The van der Waals surface area contributed by atoms with Gasteiger partial charge in [0.15, 0.2) is 5.82 Å². The number of carbonyl (C=O) groups is 2. The summed E-state index contributed by atoms with van der Waals surface area (Å²) in [6.07, 6.45) is -1.04. The summed E-state index contributed by atoms with van der Waals surface area (Å²) in [4.78, 5) is 29.0. The van der Waals surface area contributed by atoms with Crippen molar-refractivity contribution < 1.29 is 36.1 Å². The van der Waals surface area contributed by atoms with Crippen LogP contribution in [0.1, 0.15) is 13.8 Å². The summed E-state index contributed by atoms with van der Waals surface area (Å²) in [6.45, 7) is 3.81. The highest BCUT2D eigenvalue weighted by Gasteiger charge is 2.40. The molecule has 11 nitrogen and oxygen atoms in total. The van der Waals surface area contributed by atoms with Gasteiger partial charge in [-0.3, -0.25) is 19.0 Å². The maximum atomic E-state index is 13.3. The average molecular weight is 534 g/mol. The highest BCUT2D eigenvalue weighted by atomic mass is 32.2. The van der Waals surface area contributed by atoms with E-state index in [-0.39, 0.29) is 17.3 Å². The zero-order valence-corrected chi connectivity index (χ0v) is 20.5. The Hall–Kier alpha value is -2.91. The summed E-state index contributed by atoms with van der Waals surface area (Å²) in [5.41, 5.74) is 6.60. The predicted molar refractivity (Wildman–Crippen MR) is 128 cm³/mol. The monoisotopic (exact) mass is 533 g/mol. The quantitative estimate of drug-likeness (QED) is 0.474. The van der Waals surface area contributed by atoms with Crippen molar-refractivity contribution in [2.45, 2.75) is 38.9 Å². The third-order valence-corrected chi connectivity index (χ3v) is 6.88. The number of rotatable bonds is 6. The molecule has 0 unspecified atom stereocenters. The third kappa shape index (κ3) is 6.41. The number of anilines is 2. The lowest BCUT2D eigenvalue weighted by atomic mass is 10.1. The second-order valence-corrected chi connectivity index (χ2v) is 10.4. The summed E-state index contributed by atoms with van der Waals surface area (Å²) in [7, 11) is -3.66. The van der Waals surface area contributed by atoms with E-state index < -0.39 is 39.8 Å². The van der Waals surface area contributed by atoms with Crippen LogP contribution in [0.4, 0.5) is 25.1 Å². The van der Waals surface area contributed by atoms with Crippen molar-refractivity contribution in [3.05, 3.63) is 24.4 Å². The number of carbonyl (C=O) groups excluding carboxylic acids is 2. The van der Waals surface area contributed by atoms with E-state index in [1.165, 1.54) is 6.92 Å². The van der Waals surface area contributed by atoms with E-state index in [0.29, 0.717) is 36.0 Å². The van der Waals surface area contributed by atoms with Crippen molar-refractivity contribution >= 4 is 44.5 Å². The molecule has 4 rings (SSSR count). The number of hydrogen-bond donors (Lipinski definition) is 3. The number of nitrogens with zero attached hydrogens (tertiary/aromatic N) is 3.